The summed E-state index contributed by atoms with van der Waals surface area (Å²) in [6, 6.07) is 3.63. The number of rotatable bonds is 5. The highest BCUT2D eigenvalue weighted by Crippen LogP contribution is 2.18. The first-order valence-electron chi connectivity index (χ1n) is 5.03. The Morgan fingerprint density at radius 1 is 1.60 bits per heavy atom. The number of hydrogen-bond acceptors (Lipinski definition) is 3. The second-order valence-electron chi connectivity index (χ2n) is 3.83. The molecule has 1 aromatic rings. The zero-order valence-corrected chi connectivity index (χ0v) is 9.97. The summed E-state index contributed by atoms with van der Waals surface area (Å²) in [5.74, 6) is 1.88. The van der Waals surface area contributed by atoms with Gasteiger partial charge in [0.25, 0.3) is 0 Å². The molecule has 3 nitrogen and oxygen atoms in total. The third-order valence-electron chi connectivity index (χ3n) is 1.99. The van der Waals surface area contributed by atoms with Crippen molar-refractivity contribution in [3.05, 3.63) is 23.9 Å². The molecule has 1 aromatic heterocycles. The van der Waals surface area contributed by atoms with Crippen LogP contribution in [0.1, 0.15) is 25.8 Å². The molecule has 1 rings (SSSR count). The van der Waals surface area contributed by atoms with Gasteiger partial charge in [0.1, 0.15) is 5.84 Å². The fourth-order valence-electron chi connectivity index (χ4n) is 1.06. The molecule has 0 saturated heterocycles. The van der Waals surface area contributed by atoms with E-state index in [4.69, 9.17) is 11.1 Å². The summed E-state index contributed by atoms with van der Waals surface area (Å²) in [5, 5.41) is 8.27. The van der Waals surface area contributed by atoms with Crippen LogP contribution in [-0.4, -0.2) is 16.6 Å². The summed E-state index contributed by atoms with van der Waals surface area (Å²) in [7, 11) is 0. The van der Waals surface area contributed by atoms with Crippen molar-refractivity contribution in [3.8, 4) is 0 Å². The average molecular weight is 223 g/mol. The second-order valence-corrected chi connectivity index (χ2v) is 4.94. The van der Waals surface area contributed by atoms with E-state index >= 15 is 0 Å². The van der Waals surface area contributed by atoms with E-state index in [1.165, 1.54) is 6.42 Å². The first kappa shape index (κ1) is 12.0. The summed E-state index contributed by atoms with van der Waals surface area (Å²) >= 11 is 1.72. The van der Waals surface area contributed by atoms with Crippen molar-refractivity contribution in [1.82, 2.24) is 4.98 Å². The van der Waals surface area contributed by atoms with Crippen LogP contribution in [0.3, 0.4) is 0 Å². The van der Waals surface area contributed by atoms with Gasteiger partial charge in [0.15, 0.2) is 0 Å². The molecule has 0 amide bonds. The summed E-state index contributed by atoms with van der Waals surface area (Å²) in [6.45, 7) is 4.42. The Hall–Kier alpha value is -1.03. The lowest BCUT2D eigenvalue weighted by Gasteiger charge is -2.04. The van der Waals surface area contributed by atoms with Crippen LogP contribution >= 0.6 is 11.8 Å². The van der Waals surface area contributed by atoms with Crippen LogP contribution < -0.4 is 5.73 Å². The molecule has 15 heavy (non-hydrogen) atoms. The third-order valence-corrected chi connectivity index (χ3v) is 2.95. The number of nitrogens with two attached hydrogens (primary N) is 1. The zero-order chi connectivity index (χ0) is 11.3. The topological polar surface area (TPSA) is 62.8 Å². The molecule has 0 bridgehead atoms. The van der Waals surface area contributed by atoms with Crippen molar-refractivity contribution in [3.63, 3.8) is 0 Å². The minimum absolute atomic E-state index is 0.100. The smallest absolute Gasteiger partial charge is 0.122 e. The Kier molecular flexibility index (Phi) is 4.62. The molecule has 4 heteroatoms. The summed E-state index contributed by atoms with van der Waals surface area (Å²) < 4.78 is 0. The maximum absolute atomic E-state index is 7.32. The Labute approximate surface area is 95.0 Å². The average Bonchev–Trinajstić information content (AvgIpc) is 2.17. The lowest BCUT2D eigenvalue weighted by Crippen LogP contribution is -2.11. The van der Waals surface area contributed by atoms with E-state index in [9.17, 15) is 0 Å². The minimum atomic E-state index is 0.100. The Bertz CT molecular complexity index is 336. The van der Waals surface area contributed by atoms with Crippen LogP contribution in [0.4, 0.5) is 0 Å². The highest BCUT2D eigenvalue weighted by Gasteiger charge is 2.01. The van der Waals surface area contributed by atoms with Gasteiger partial charge >= 0.3 is 0 Å². The second kappa shape index (κ2) is 5.75. The van der Waals surface area contributed by atoms with E-state index in [0.29, 0.717) is 5.92 Å². The van der Waals surface area contributed by atoms with E-state index in [0.717, 1.165) is 16.3 Å². The first-order chi connectivity index (χ1) is 7.09. The van der Waals surface area contributed by atoms with E-state index in [2.05, 4.69) is 18.8 Å². The number of hydrogen-bond donors (Lipinski definition) is 2. The van der Waals surface area contributed by atoms with Gasteiger partial charge in [0.05, 0.1) is 5.03 Å². The Balaban J connectivity index is 2.54. The van der Waals surface area contributed by atoms with Crippen LogP contribution in [0.2, 0.25) is 0 Å². The monoisotopic (exact) mass is 223 g/mol. The summed E-state index contributed by atoms with van der Waals surface area (Å²) in [4.78, 5) is 4.23. The van der Waals surface area contributed by atoms with Crippen LogP contribution in [0.25, 0.3) is 0 Å². The molecule has 0 radical (unpaired) electrons. The highest BCUT2D eigenvalue weighted by molar-refractivity contribution is 7.99. The molecule has 0 aliphatic carbocycles. The quantitative estimate of drug-likeness (QED) is 0.458. The summed E-state index contributed by atoms with van der Waals surface area (Å²) in [6.07, 6.45) is 2.88. The minimum Gasteiger partial charge on any atom is -0.384 e. The van der Waals surface area contributed by atoms with E-state index in [1.54, 1.807) is 24.0 Å². The van der Waals surface area contributed by atoms with Gasteiger partial charge < -0.3 is 5.73 Å². The standard InChI is InChI=1S/C11H17N3S/c1-8(2)4-6-15-10-7-9(11(12)13)3-5-14-10/h3,5,7-8H,4,6H2,1-2H3,(H3,12,13). The maximum Gasteiger partial charge on any atom is 0.122 e. The van der Waals surface area contributed by atoms with Gasteiger partial charge in [0.2, 0.25) is 0 Å². The molecule has 0 aliphatic rings. The third kappa shape index (κ3) is 4.34. The van der Waals surface area contributed by atoms with Gasteiger partial charge in [-0.1, -0.05) is 13.8 Å². The molecule has 3 N–H and O–H groups in total. The number of amidine groups is 1. The van der Waals surface area contributed by atoms with Crippen molar-refractivity contribution in [2.75, 3.05) is 5.75 Å². The molecule has 0 unspecified atom stereocenters. The predicted molar refractivity (Wildman–Crippen MR) is 65.4 cm³/mol. The van der Waals surface area contributed by atoms with Crippen molar-refractivity contribution in [2.24, 2.45) is 11.7 Å². The molecular formula is C11H17N3S. The van der Waals surface area contributed by atoms with Crippen LogP contribution in [0, 0.1) is 11.3 Å². The highest BCUT2D eigenvalue weighted by atomic mass is 32.2. The van der Waals surface area contributed by atoms with E-state index < -0.39 is 0 Å². The van der Waals surface area contributed by atoms with Crippen LogP contribution in [0.5, 0.6) is 0 Å². The predicted octanol–water partition coefficient (Wildman–Crippen LogP) is 2.50. The normalized spacial score (nSPS) is 10.6. The molecule has 0 saturated carbocycles. The lowest BCUT2D eigenvalue weighted by atomic mass is 10.2. The number of pyridine rings is 1. The Morgan fingerprint density at radius 3 is 2.93 bits per heavy atom. The largest absolute Gasteiger partial charge is 0.384 e. The van der Waals surface area contributed by atoms with Gasteiger partial charge in [-0.15, -0.1) is 11.8 Å². The van der Waals surface area contributed by atoms with Gasteiger partial charge in [-0.2, -0.15) is 0 Å². The lowest BCUT2D eigenvalue weighted by molar-refractivity contribution is 0.632. The van der Waals surface area contributed by atoms with Gasteiger partial charge in [-0.25, -0.2) is 4.98 Å². The number of nitrogens with one attached hydrogen (secondary N) is 1. The van der Waals surface area contributed by atoms with E-state index in [-0.39, 0.29) is 5.84 Å². The molecular weight excluding hydrogens is 206 g/mol. The maximum atomic E-state index is 7.32. The Morgan fingerprint density at radius 2 is 2.33 bits per heavy atom. The fourth-order valence-corrected chi connectivity index (χ4v) is 2.20. The van der Waals surface area contributed by atoms with Gasteiger partial charge in [-0.3, -0.25) is 5.41 Å². The molecule has 1 heterocycles. The number of nitrogen functional groups attached to an aromatic ring is 1. The zero-order valence-electron chi connectivity index (χ0n) is 9.16. The van der Waals surface area contributed by atoms with E-state index in [1.807, 2.05) is 6.07 Å². The van der Waals surface area contributed by atoms with Crippen LogP contribution in [-0.2, 0) is 0 Å². The van der Waals surface area contributed by atoms with Crippen LogP contribution in [0.15, 0.2) is 23.4 Å². The molecule has 82 valence electrons. The number of nitrogens with zero attached hydrogens (tertiary/aromatic N) is 1. The van der Waals surface area contributed by atoms with Gasteiger partial charge in [0, 0.05) is 11.8 Å². The fraction of sp³-hybridized carbons (Fsp3) is 0.455. The van der Waals surface area contributed by atoms with Crippen molar-refractivity contribution < 1.29 is 0 Å². The van der Waals surface area contributed by atoms with Crippen molar-refractivity contribution in [2.45, 2.75) is 25.3 Å². The number of thioether (sulfide) groups is 1. The molecule has 0 spiro atoms. The summed E-state index contributed by atoms with van der Waals surface area (Å²) in [5.41, 5.74) is 6.15. The molecule has 0 fully saturated rings. The van der Waals surface area contributed by atoms with Crippen molar-refractivity contribution >= 4 is 17.6 Å². The SMILES string of the molecule is CC(C)CCSc1cc(C(=N)N)ccn1. The molecule has 0 atom stereocenters. The molecule has 0 aromatic carbocycles. The molecule has 0 aliphatic heterocycles. The van der Waals surface area contributed by atoms with Gasteiger partial charge in [-0.05, 0) is 30.2 Å². The first-order valence-corrected chi connectivity index (χ1v) is 6.01. The number of aromatic nitrogens is 1. The van der Waals surface area contributed by atoms with Crippen molar-refractivity contribution in [1.29, 1.82) is 5.41 Å².